The molecule has 0 saturated carbocycles. The van der Waals surface area contributed by atoms with Crippen LogP contribution in [0.4, 0.5) is 5.69 Å². The van der Waals surface area contributed by atoms with Gasteiger partial charge >= 0.3 is 0 Å². The van der Waals surface area contributed by atoms with Gasteiger partial charge in [0.15, 0.2) is 0 Å². The SMILES string of the molecule is CC1OCCNC1c1ccc2c(c1)CCC(=O)N2C. The van der Waals surface area contributed by atoms with E-state index in [4.69, 9.17) is 4.74 Å². The number of carbonyl (C=O) groups is 1. The van der Waals surface area contributed by atoms with Crippen LogP contribution in [0.5, 0.6) is 0 Å². The summed E-state index contributed by atoms with van der Waals surface area (Å²) in [6.45, 7) is 3.77. The third kappa shape index (κ3) is 2.26. The molecule has 3 rings (SSSR count). The van der Waals surface area contributed by atoms with Gasteiger partial charge in [0, 0.05) is 25.7 Å². The molecule has 2 unspecified atom stereocenters. The molecule has 1 saturated heterocycles. The number of nitrogens with one attached hydrogen (secondary N) is 1. The van der Waals surface area contributed by atoms with E-state index in [2.05, 4.69) is 30.4 Å². The fourth-order valence-corrected chi connectivity index (χ4v) is 2.98. The fraction of sp³-hybridized carbons (Fsp3) is 0.533. The molecule has 2 aliphatic rings. The molecule has 0 aliphatic carbocycles. The van der Waals surface area contributed by atoms with Crippen LogP contribution < -0.4 is 10.2 Å². The van der Waals surface area contributed by atoms with Crippen LogP contribution in [0.2, 0.25) is 0 Å². The van der Waals surface area contributed by atoms with E-state index in [9.17, 15) is 4.79 Å². The number of morpholine rings is 1. The lowest BCUT2D eigenvalue weighted by atomic mass is 9.94. The van der Waals surface area contributed by atoms with Crippen molar-refractivity contribution in [3.8, 4) is 0 Å². The Morgan fingerprint density at radius 3 is 3.00 bits per heavy atom. The Labute approximate surface area is 113 Å². The van der Waals surface area contributed by atoms with E-state index >= 15 is 0 Å². The van der Waals surface area contributed by atoms with Crippen LogP contribution in [0.15, 0.2) is 18.2 Å². The maximum absolute atomic E-state index is 11.7. The first kappa shape index (κ1) is 12.6. The maximum Gasteiger partial charge on any atom is 0.227 e. The molecule has 1 aromatic carbocycles. The van der Waals surface area contributed by atoms with Crippen LogP contribution in [-0.2, 0) is 16.0 Å². The third-order valence-corrected chi connectivity index (χ3v) is 4.12. The van der Waals surface area contributed by atoms with Crippen molar-refractivity contribution in [1.82, 2.24) is 5.32 Å². The van der Waals surface area contributed by atoms with Gasteiger partial charge in [0.05, 0.1) is 18.8 Å². The van der Waals surface area contributed by atoms with Gasteiger partial charge in [-0.25, -0.2) is 0 Å². The molecule has 1 N–H and O–H groups in total. The topological polar surface area (TPSA) is 41.6 Å². The van der Waals surface area contributed by atoms with Gasteiger partial charge in [-0.1, -0.05) is 12.1 Å². The summed E-state index contributed by atoms with van der Waals surface area (Å²) in [6, 6.07) is 6.64. The Hall–Kier alpha value is -1.39. The lowest BCUT2D eigenvalue weighted by molar-refractivity contribution is -0.118. The summed E-state index contributed by atoms with van der Waals surface area (Å²) < 4.78 is 5.70. The number of rotatable bonds is 1. The van der Waals surface area contributed by atoms with Gasteiger partial charge in [0.1, 0.15) is 0 Å². The van der Waals surface area contributed by atoms with Crippen LogP contribution in [0.3, 0.4) is 0 Å². The van der Waals surface area contributed by atoms with Crippen molar-refractivity contribution in [2.24, 2.45) is 0 Å². The molecule has 0 radical (unpaired) electrons. The molecular weight excluding hydrogens is 240 g/mol. The van der Waals surface area contributed by atoms with Crippen molar-refractivity contribution in [2.75, 3.05) is 25.1 Å². The summed E-state index contributed by atoms with van der Waals surface area (Å²) in [7, 11) is 1.85. The Balaban J connectivity index is 1.91. The smallest absolute Gasteiger partial charge is 0.227 e. The number of amides is 1. The second kappa shape index (κ2) is 4.94. The Kier molecular flexibility index (Phi) is 3.29. The molecule has 102 valence electrons. The molecule has 4 nitrogen and oxygen atoms in total. The minimum absolute atomic E-state index is 0.190. The van der Waals surface area contributed by atoms with E-state index in [1.54, 1.807) is 4.90 Å². The summed E-state index contributed by atoms with van der Waals surface area (Å²) in [5.41, 5.74) is 3.57. The number of hydrogen-bond acceptors (Lipinski definition) is 3. The van der Waals surface area contributed by atoms with Crippen molar-refractivity contribution >= 4 is 11.6 Å². The highest BCUT2D eigenvalue weighted by Gasteiger charge is 2.26. The van der Waals surface area contributed by atoms with Crippen molar-refractivity contribution in [3.05, 3.63) is 29.3 Å². The molecular formula is C15H20N2O2. The molecule has 2 atom stereocenters. The van der Waals surface area contributed by atoms with E-state index in [1.807, 2.05) is 7.05 Å². The van der Waals surface area contributed by atoms with E-state index in [0.717, 1.165) is 25.3 Å². The largest absolute Gasteiger partial charge is 0.375 e. The van der Waals surface area contributed by atoms with E-state index in [0.29, 0.717) is 6.42 Å². The summed E-state index contributed by atoms with van der Waals surface area (Å²) in [5.74, 6) is 0.202. The first-order valence-corrected chi connectivity index (χ1v) is 6.91. The predicted molar refractivity (Wildman–Crippen MR) is 74.3 cm³/mol. The normalized spacial score (nSPS) is 27.3. The van der Waals surface area contributed by atoms with Gasteiger partial charge in [-0.05, 0) is 30.5 Å². The number of nitrogens with zero attached hydrogens (tertiary/aromatic N) is 1. The minimum Gasteiger partial charge on any atom is -0.375 e. The molecule has 4 heteroatoms. The van der Waals surface area contributed by atoms with Gasteiger partial charge in [-0.2, -0.15) is 0 Å². The van der Waals surface area contributed by atoms with E-state index in [1.165, 1.54) is 11.1 Å². The average molecular weight is 260 g/mol. The van der Waals surface area contributed by atoms with Crippen LogP contribution in [0.1, 0.15) is 30.5 Å². The van der Waals surface area contributed by atoms with Crippen LogP contribution in [0, 0.1) is 0 Å². The highest BCUT2D eigenvalue weighted by atomic mass is 16.5. The first-order chi connectivity index (χ1) is 9.16. The van der Waals surface area contributed by atoms with Crippen molar-refractivity contribution < 1.29 is 9.53 Å². The minimum atomic E-state index is 0.190. The van der Waals surface area contributed by atoms with Gasteiger partial charge in [0.2, 0.25) is 5.91 Å². The van der Waals surface area contributed by atoms with Crippen LogP contribution in [-0.4, -0.2) is 32.2 Å². The Bertz CT molecular complexity index is 501. The Morgan fingerprint density at radius 1 is 1.37 bits per heavy atom. The number of aryl methyl sites for hydroxylation is 1. The number of carbonyl (C=O) groups excluding carboxylic acids is 1. The number of hydrogen-bond donors (Lipinski definition) is 1. The molecule has 1 amide bonds. The second-order valence-corrected chi connectivity index (χ2v) is 5.35. The van der Waals surface area contributed by atoms with Crippen LogP contribution in [0.25, 0.3) is 0 Å². The third-order valence-electron chi connectivity index (χ3n) is 4.12. The van der Waals surface area contributed by atoms with Crippen molar-refractivity contribution in [2.45, 2.75) is 31.9 Å². The van der Waals surface area contributed by atoms with E-state index in [-0.39, 0.29) is 18.1 Å². The molecule has 0 spiro atoms. The van der Waals surface area contributed by atoms with Crippen molar-refractivity contribution in [1.29, 1.82) is 0 Å². The highest BCUT2D eigenvalue weighted by molar-refractivity contribution is 5.95. The molecule has 1 fully saturated rings. The number of fused-ring (bicyclic) bond motifs is 1. The number of anilines is 1. The standard InChI is InChI=1S/C15H20N2O2/c1-10-15(16-7-8-19-10)12-3-5-13-11(9-12)4-6-14(18)17(13)2/h3,5,9-10,15-16H,4,6-8H2,1-2H3. The highest BCUT2D eigenvalue weighted by Crippen LogP contribution is 2.31. The Morgan fingerprint density at radius 2 is 2.21 bits per heavy atom. The molecule has 2 aliphatic heterocycles. The van der Waals surface area contributed by atoms with Gasteiger partial charge < -0.3 is 15.0 Å². The monoisotopic (exact) mass is 260 g/mol. The molecule has 2 heterocycles. The summed E-state index contributed by atoms with van der Waals surface area (Å²) >= 11 is 0. The quantitative estimate of drug-likeness (QED) is 0.834. The number of ether oxygens (including phenoxy) is 1. The van der Waals surface area contributed by atoms with Gasteiger partial charge in [-0.3, -0.25) is 4.79 Å². The summed E-state index contributed by atoms with van der Waals surface area (Å²) in [5, 5.41) is 3.51. The number of benzene rings is 1. The maximum atomic E-state index is 11.7. The zero-order chi connectivity index (χ0) is 13.4. The predicted octanol–water partition coefficient (Wildman–Crippen LogP) is 1.65. The molecule has 0 bridgehead atoms. The van der Waals surface area contributed by atoms with Gasteiger partial charge in [-0.15, -0.1) is 0 Å². The van der Waals surface area contributed by atoms with Crippen LogP contribution >= 0.6 is 0 Å². The van der Waals surface area contributed by atoms with Crippen molar-refractivity contribution in [3.63, 3.8) is 0 Å². The summed E-state index contributed by atoms with van der Waals surface area (Å²) in [4.78, 5) is 13.4. The molecule has 1 aromatic rings. The van der Waals surface area contributed by atoms with Gasteiger partial charge in [0.25, 0.3) is 0 Å². The summed E-state index contributed by atoms with van der Waals surface area (Å²) in [6.07, 6.45) is 1.64. The zero-order valence-electron chi connectivity index (χ0n) is 11.5. The molecule has 0 aromatic heterocycles. The lowest BCUT2D eigenvalue weighted by Gasteiger charge is -2.32. The van der Waals surface area contributed by atoms with E-state index < -0.39 is 0 Å². The molecule has 19 heavy (non-hydrogen) atoms. The second-order valence-electron chi connectivity index (χ2n) is 5.35. The zero-order valence-corrected chi connectivity index (χ0v) is 11.5. The first-order valence-electron chi connectivity index (χ1n) is 6.91. The lowest BCUT2D eigenvalue weighted by Crippen LogP contribution is -2.40. The average Bonchev–Trinajstić information content (AvgIpc) is 2.43. The fourth-order valence-electron chi connectivity index (χ4n) is 2.98.